The Balaban J connectivity index is 1.99. The largest absolute Gasteiger partial charge is 0.497 e. The normalized spacial score (nSPS) is 18.7. The van der Waals surface area contributed by atoms with Crippen molar-refractivity contribution < 1.29 is 14.6 Å². The summed E-state index contributed by atoms with van der Waals surface area (Å²) in [4.78, 5) is 15.7. The standard InChI is InChI=1S/C18H23NO3S/c1-11-13-10-12(22-4)7-8-14(13)23-16(11)17(20)19-9-5-6-15(19)18(2,3)21/h7-8,10,15,21H,5-6,9H2,1-4H3. The highest BCUT2D eigenvalue weighted by Gasteiger charge is 2.39. The highest BCUT2D eigenvalue weighted by molar-refractivity contribution is 7.21. The van der Waals surface area contributed by atoms with Crippen LogP contribution in [-0.4, -0.2) is 41.2 Å². The Labute approximate surface area is 140 Å². The lowest BCUT2D eigenvalue weighted by Gasteiger charge is -2.33. The predicted octanol–water partition coefficient (Wildman–Crippen LogP) is 3.59. The average molecular weight is 333 g/mol. The third kappa shape index (κ3) is 2.83. The second kappa shape index (κ2) is 5.80. The number of thiophene rings is 1. The van der Waals surface area contributed by atoms with Crippen LogP contribution in [-0.2, 0) is 0 Å². The van der Waals surface area contributed by atoms with Crippen LogP contribution < -0.4 is 4.74 Å². The van der Waals surface area contributed by atoms with E-state index in [0.717, 1.165) is 39.1 Å². The van der Waals surface area contributed by atoms with Crippen molar-refractivity contribution in [1.82, 2.24) is 4.90 Å². The second-order valence-electron chi connectivity index (χ2n) is 6.73. The fourth-order valence-electron chi connectivity index (χ4n) is 3.41. The highest BCUT2D eigenvalue weighted by atomic mass is 32.1. The van der Waals surface area contributed by atoms with E-state index in [1.165, 1.54) is 11.3 Å². The van der Waals surface area contributed by atoms with Gasteiger partial charge >= 0.3 is 0 Å². The lowest BCUT2D eigenvalue weighted by atomic mass is 9.96. The summed E-state index contributed by atoms with van der Waals surface area (Å²) in [5.74, 6) is 0.834. The van der Waals surface area contributed by atoms with Crippen LogP contribution in [0.2, 0.25) is 0 Å². The number of benzene rings is 1. The summed E-state index contributed by atoms with van der Waals surface area (Å²) in [6.45, 7) is 6.27. The first kappa shape index (κ1) is 16.3. The number of rotatable bonds is 3. The number of hydrogen-bond acceptors (Lipinski definition) is 4. The molecule has 0 spiro atoms. The van der Waals surface area contributed by atoms with Crippen molar-refractivity contribution >= 4 is 27.3 Å². The zero-order valence-electron chi connectivity index (χ0n) is 14.0. The molecule has 1 N–H and O–H groups in total. The number of hydrogen-bond donors (Lipinski definition) is 1. The molecular weight excluding hydrogens is 310 g/mol. The minimum atomic E-state index is -0.875. The third-order valence-corrected chi connectivity index (χ3v) is 5.93. The maximum atomic E-state index is 13.0. The van der Waals surface area contributed by atoms with Crippen LogP contribution in [0.3, 0.4) is 0 Å². The van der Waals surface area contributed by atoms with Crippen LogP contribution in [0.25, 0.3) is 10.1 Å². The van der Waals surface area contributed by atoms with E-state index >= 15 is 0 Å². The SMILES string of the molecule is COc1ccc2sc(C(=O)N3CCCC3C(C)(C)O)c(C)c2c1. The number of nitrogens with zero attached hydrogens (tertiary/aromatic N) is 1. The van der Waals surface area contributed by atoms with Crippen molar-refractivity contribution in [2.75, 3.05) is 13.7 Å². The first-order chi connectivity index (χ1) is 10.8. The zero-order chi connectivity index (χ0) is 16.8. The number of fused-ring (bicyclic) bond motifs is 1. The van der Waals surface area contributed by atoms with E-state index < -0.39 is 5.60 Å². The van der Waals surface area contributed by atoms with Crippen molar-refractivity contribution in [2.24, 2.45) is 0 Å². The molecule has 2 heterocycles. The molecular formula is C18H23NO3S. The number of aryl methyl sites for hydroxylation is 1. The van der Waals surface area contributed by atoms with Gasteiger partial charge in [0.1, 0.15) is 5.75 Å². The number of aliphatic hydroxyl groups is 1. The molecule has 124 valence electrons. The van der Waals surface area contributed by atoms with Crippen molar-refractivity contribution in [3.63, 3.8) is 0 Å². The predicted molar refractivity (Wildman–Crippen MR) is 93.5 cm³/mol. The quantitative estimate of drug-likeness (QED) is 0.934. The fourth-order valence-corrected chi connectivity index (χ4v) is 4.55. The molecule has 1 aromatic heterocycles. The Morgan fingerprint density at radius 1 is 1.43 bits per heavy atom. The third-order valence-electron chi connectivity index (χ3n) is 4.67. The molecule has 5 heteroatoms. The van der Waals surface area contributed by atoms with Gasteiger partial charge in [0.25, 0.3) is 5.91 Å². The summed E-state index contributed by atoms with van der Waals surface area (Å²) < 4.78 is 6.37. The first-order valence-corrected chi connectivity index (χ1v) is 8.75. The molecule has 1 amide bonds. The van der Waals surface area contributed by atoms with Crippen molar-refractivity contribution in [1.29, 1.82) is 0 Å². The lowest BCUT2D eigenvalue weighted by Crippen LogP contribution is -2.48. The maximum absolute atomic E-state index is 13.0. The van der Waals surface area contributed by atoms with Crippen molar-refractivity contribution in [3.8, 4) is 5.75 Å². The number of methoxy groups -OCH3 is 1. The number of likely N-dealkylation sites (tertiary alicyclic amines) is 1. The molecule has 3 rings (SSSR count). The monoisotopic (exact) mass is 333 g/mol. The van der Waals surface area contributed by atoms with E-state index in [4.69, 9.17) is 4.74 Å². The Kier molecular flexibility index (Phi) is 4.10. The second-order valence-corrected chi connectivity index (χ2v) is 7.78. The van der Waals surface area contributed by atoms with Crippen molar-refractivity contribution in [3.05, 3.63) is 28.6 Å². The van der Waals surface area contributed by atoms with Gasteiger partial charge in [0.05, 0.1) is 23.6 Å². The summed E-state index contributed by atoms with van der Waals surface area (Å²) in [7, 11) is 1.65. The minimum Gasteiger partial charge on any atom is -0.497 e. The van der Waals surface area contributed by atoms with E-state index in [0.29, 0.717) is 6.54 Å². The maximum Gasteiger partial charge on any atom is 0.264 e. The van der Waals surface area contributed by atoms with Crippen LogP contribution in [0.4, 0.5) is 0 Å². The molecule has 1 saturated heterocycles. The van der Waals surface area contributed by atoms with Gasteiger partial charge in [-0.15, -0.1) is 11.3 Å². The summed E-state index contributed by atoms with van der Waals surface area (Å²) in [6.07, 6.45) is 1.80. The summed E-state index contributed by atoms with van der Waals surface area (Å²) in [5, 5.41) is 11.4. The molecule has 4 nitrogen and oxygen atoms in total. The van der Waals surface area contributed by atoms with Crippen LogP contribution >= 0.6 is 11.3 Å². The molecule has 23 heavy (non-hydrogen) atoms. The molecule has 1 fully saturated rings. The first-order valence-electron chi connectivity index (χ1n) is 7.93. The van der Waals surface area contributed by atoms with Gasteiger partial charge in [0, 0.05) is 11.2 Å². The zero-order valence-corrected chi connectivity index (χ0v) is 14.9. The van der Waals surface area contributed by atoms with Gasteiger partial charge in [0.2, 0.25) is 0 Å². The number of carbonyl (C=O) groups is 1. The number of ether oxygens (including phenoxy) is 1. The van der Waals surface area contributed by atoms with Crippen LogP contribution in [0.5, 0.6) is 5.75 Å². The molecule has 0 bridgehead atoms. The molecule has 1 aromatic carbocycles. The van der Waals surface area contributed by atoms with Crippen molar-refractivity contribution in [2.45, 2.75) is 45.3 Å². The van der Waals surface area contributed by atoms with Gasteiger partial charge < -0.3 is 14.7 Å². The molecule has 0 aliphatic carbocycles. The van der Waals surface area contributed by atoms with E-state index in [1.54, 1.807) is 21.0 Å². The van der Waals surface area contributed by atoms with Gasteiger partial charge in [-0.3, -0.25) is 4.79 Å². The van der Waals surface area contributed by atoms with E-state index in [1.807, 2.05) is 30.0 Å². The molecule has 0 saturated carbocycles. The minimum absolute atomic E-state index is 0.0345. The molecule has 1 aliphatic rings. The summed E-state index contributed by atoms with van der Waals surface area (Å²) in [6, 6.07) is 5.78. The Bertz CT molecular complexity index is 745. The van der Waals surface area contributed by atoms with E-state index in [9.17, 15) is 9.90 Å². The van der Waals surface area contributed by atoms with Gasteiger partial charge in [-0.05, 0) is 62.8 Å². The van der Waals surface area contributed by atoms with E-state index in [2.05, 4.69) is 0 Å². The highest BCUT2D eigenvalue weighted by Crippen LogP contribution is 2.36. The van der Waals surface area contributed by atoms with Gasteiger partial charge in [-0.25, -0.2) is 0 Å². The van der Waals surface area contributed by atoms with Gasteiger partial charge in [0.15, 0.2) is 0 Å². The number of amides is 1. The van der Waals surface area contributed by atoms with E-state index in [-0.39, 0.29) is 11.9 Å². The fraction of sp³-hybridized carbons (Fsp3) is 0.500. The number of carbonyl (C=O) groups excluding carboxylic acids is 1. The van der Waals surface area contributed by atoms with Crippen LogP contribution in [0.1, 0.15) is 41.9 Å². The molecule has 1 unspecified atom stereocenters. The molecule has 1 atom stereocenters. The van der Waals surface area contributed by atoms with Gasteiger partial charge in [-0.1, -0.05) is 0 Å². The summed E-state index contributed by atoms with van der Waals surface area (Å²) in [5.41, 5.74) is 0.121. The average Bonchev–Trinajstić information content (AvgIpc) is 3.11. The summed E-state index contributed by atoms with van der Waals surface area (Å²) >= 11 is 1.52. The molecule has 1 aliphatic heterocycles. The van der Waals surface area contributed by atoms with Crippen LogP contribution in [0.15, 0.2) is 18.2 Å². The molecule has 2 aromatic rings. The smallest absolute Gasteiger partial charge is 0.264 e. The Morgan fingerprint density at radius 2 is 2.17 bits per heavy atom. The Hall–Kier alpha value is -1.59. The topological polar surface area (TPSA) is 49.8 Å². The van der Waals surface area contributed by atoms with Gasteiger partial charge in [-0.2, -0.15) is 0 Å². The Morgan fingerprint density at radius 3 is 2.83 bits per heavy atom. The lowest BCUT2D eigenvalue weighted by molar-refractivity contribution is 0.000496. The molecule has 0 radical (unpaired) electrons. The van der Waals surface area contributed by atoms with Crippen LogP contribution in [0, 0.1) is 6.92 Å².